The molecule has 1 aromatic heterocycles. The second-order valence-corrected chi connectivity index (χ2v) is 10.7. The van der Waals surface area contributed by atoms with Crippen LogP contribution >= 0.6 is 11.3 Å². The Balaban J connectivity index is 2.18. The summed E-state index contributed by atoms with van der Waals surface area (Å²) in [7, 11) is 5.97. The number of ether oxygens (including phenoxy) is 4. The number of rotatable bonds is 11. The molecule has 10 nitrogen and oxygen atoms in total. The van der Waals surface area contributed by atoms with Gasteiger partial charge < -0.3 is 29.6 Å². The number of benzene rings is 2. The van der Waals surface area contributed by atoms with Gasteiger partial charge >= 0.3 is 0 Å². The molecule has 1 atom stereocenters. The quantitative estimate of drug-likeness (QED) is 0.356. The number of carbonyl (C=O) groups excluding carboxylic acids is 3. The minimum Gasteiger partial charge on any atom is -0.497 e. The van der Waals surface area contributed by atoms with E-state index in [4.69, 9.17) is 18.9 Å². The molecular formula is C29H35N3O7S. The summed E-state index contributed by atoms with van der Waals surface area (Å²) in [6, 6.07) is 12.2. The van der Waals surface area contributed by atoms with Crippen molar-refractivity contribution in [1.82, 2.24) is 10.6 Å². The minimum absolute atomic E-state index is 0.298. The second-order valence-electron chi connectivity index (χ2n) is 9.72. The van der Waals surface area contributed by atoms with Crippen molar-refractivity contribution in [3.63, 3.8) is 0 Å². The van der Waals surface area contributed by atoms with Crippen molar-refractivity contribution in [2.45, 2.75) is 32.4 Å². The predicted octanol–water partition coefficient (Wildman–Crippen LogP) is 4.20. The Morgan fingerprint density at radius 1 is 0.875 bits per heavy atom. The van der Waals surface area contributed by atoms with E-state index in [1.807, 2.05) is 20.8 Å². The fourth-order valence-corrected chi connectivity index (χ4v) is 4.66. The average molecular weight is 570 g/mol. The van der Waals surface area contributed by atoms with Crippen molar-refractivity contribution in [3.8, 4) is 23.0 Å². The highest BCUT2D eigenvalue weighted by molar-refractivity contribution is 7.12. The van der Waals surface area contributed by atoms with E-state index in [9.17, 15) is 14.4 Å². The molecule has 0 saturated carbocycles. The number of carbonyl (C=O) groups is 3. The van der Waals surface area contributed by atoms with Gasteiger partial charge in [-0.1, -0.05) is 12.1 Å². The van der Waals surface area contributed by atoms with E-state index in [0.29, 0.717) is 39.1 Å². The topological polar surface area (TPSA) is 115 Å². The lowest BCUT2D eigenvalue weighted by atomic mass is 10.00. The van der Waals surface area contributed by atoms with E-state index in [0.717, 1.165) is 0 Å². The van der Waals surface area contributed by atoms with Gasteiger partial charge in [0.25, 0.3) is 5.91 Å². The molecule has 0 saturated heterocycles. The van der Waals surface area contributed by atoms with E-state index in [1.54, 1.807) is 53.9 Å². The molecule has 0 spiro atoms. The van der Waals surface area contributed by atoms with Crippen molar-refractivity contribution in [1.29, 1.82) is 0 Å². The Morgan fingerprint density at radius 2 is 1.57 bits per heavy atom. The Hall–Kier alpha value is -4.25. The van der Waals surface area contributed by atoms with Crippen LogP contribution in [0.15, 0.2) is 53.9 Å². The number of anilines is 1. The van der Waals surface area contributed by atoms with Gasteiger partial charge in [-0.05, 0) is 62.0 Å². The lowest BCUT2D eigenvalue weighted by Gasteiger charge is -2.34. The van der Waals surface area contributed by atoms with Gasteiger partial charge in [-0.2, -0.15) is 0 Å². The van der Waals surface area contributed by atoms with Crippen LogP contribution in [0.2, 0.25) is 0 Å². The fourth-order valence-electron chi connectivity index (χ4n) is 4.02. The Kier molecular flexibility index (Phi) is 10.0. The summed E-state index contributed by atoms with van der Waals surface area (Å²) < 4.78 is 21.8. The molecule has 0 bridgehead atoms. The number of methoxy groups -OCH3 is 4. The molecule has 1 unspecified atom stereocenters. The fraction of sp³-hybridized carbons (Fsp3) is 0.345. The Labute approximate surface area is 238 Å². The number of hydrogen-bond donors (Lipinski definition) is 2. The molecule has 40 heavy (non-hydrogen) atoms. The van der Waals surface area contributed by atoms with Crippen LogP contribution in [0.4, 0.5) is 5.69 Å². The summed E-state index contributed by atoms with van der Waals surface area (Å²) in [6.07, 6.45) is 0. The molecule has 0 fully saturated rings. The van der Waals surface area contributed by atoms with Gasteiger partial charge in [-0.3, -0.25) is 19.3 Å². The van der Waals surface area contributed by atoms with Gasteiger partial charge in [0.05, 0.1) is 45.5 Å². The zero-order chi connectivity index (χ0) is 29.4. The molecule has 1 heterocycles. The van der Waals surface area contributed by atoms with E-state index in [1.165, 1.54) is 44.7 Å². The molecule has 11 heteroatoms. The smallest absolute Gasteiger partial charge is 0.261 e. The maximum Gasteiger partial charge on any atom is 0.261 e. The molecule has 214 valence electrons. The largest absolute Gasteiger partial charge is 0.497 e. The van der Waals surface area contributed by atoms with Crippen LogP contribution in [-0.4, -0.2) is 58.2 Å². The van der Waals surface area contributed by atoms with Gasteiger partial charge in [0.1, 0.15) is 17.5 Å². The van der Waals surface area contributed by atoms with E-state index in [-0.39, 0.29) is 6.54 Å². The van der Waals surface area contributed by atoms with Crippen LogP contribution in [0.3, 0.4) is 0 Å². The van der Waals surface area contributed by atoms with Crippen molar-refractivity contribution in [3.05, 3.63) is 64.4 Å². The molecule has 3 aromatic rings. The lowest BCUT2D eigenvalue weighted by molar-refractivity contribution is -0.127. The van der Waals surface area contributed by atoms with Gasteiger partial charge in [0.2, 0.25) is 11.8 Å². The van der Waals surface area contributed by atoms with Crippen molar-refractivity contribution < 1.29 is 33.3 Å². The minimum atomic E-state index is -1.17. The van der Waals surface area contributed by atoms with Crippen LogP contribution in [0.1, 0.15) is 42.0 Å². The third-order valence-corrected chi connectivity index (χ3v) is 6.66. The predicted molar refractivity (Wildman–Crippen MR) is 154 cm³/mol. The standard InChI is InChI=1S/C29H35N3O7S/c1-29(2,3)31-28(35)26(18-10-13-21(37-5)23(15-18)39-7)32(20-12-11-19(36-4)16-22(20)38-6)25(33)17-30-27(34)24-9-8-14-40-24/h8-16,26H,17H2,1-7H3,(H,30,34)(H,31,35). The number of thiophene rings is 1. The highest BCUT2D eigenvalue weighted by Crippen LogP contribution is 2.39. The molecule has 3 amide bonds. The van der Waals surface area contributed by atoms with Gasteiger partial charge in [-0.15, -0.1) is 11.3 Å². The number of hydrogen-bond acceptors (Lipinski definition) is 8. The van der Waals surface area contributed by atoms with Crippen molar-refractivity contribution in [2.75, 3.05) is 39.9 Å². The third-order valence-electron chi connectivity index (χ3n) is 5.79. The molecule has 0 aliphatic rings. The second kappa shape index (κ2) is 13.2. The Bertz CT molecular complexity index is 1340. The molecule has 2 aromatic carbocycles. The van der Waals surface area contributed by atoms with Crippen LogP contribution < -0.4 is 34.5 Å². The summed E-state index contributed by atoms with van der Waals surface area (Å²) in [5, 5.41) is 7.42. The number of nitrogens with one attached hydrogen (secondary N) is 2. The maximum atomic E-state index is 14.0. The normalized spacial score (nSPS) is 11.7. The molecule has 3 rings (SSSR count). The first-order chi connectivity index (χ1) is 19.0. The maximum absolute atomic E-state index is 14.0. The highest BCUT2D eigenvalue weighted by Gasteiger charge is 2.36. The van der Waals surface area contributed by atoms with Crippen molar-refractivity contribution >= 4 is 34.7 Å². The van der Waals surface area contributed by atoms with E-state index >= 15 is 0 Å². The van der Waals surface area contributed by atoms with Crippen LogP contribution in [0.25, 0.3) is 0 Å². The highest BCUT2D eigenvalue weighted by atomic mass is 32.1. The monoisotopic (exact) mass is 569 g/mol. The summed E-state index contributed by atoms with van der Waals surface area (Å²) in [6.45, 7) is 5.16. The Morgan fingerprint density at radius 3 is 2.15 bits per heavy atom. The van der Waals surface area contributed by atoms with Gasteiger partial charge in [0.15, 0.2) is 11.5 Å². The molecule has 2 N–H and O–H groups in total. The summed E-state index contributed by atoms with van der Waals surface area (Å²) in [5.74, 6) is 0.254. The first kappa shape index (κ1) is 30.3. The average Bonchev–Trinajstić information content (AvgIpc) is 3.48. The van der Waals surface area contributed by atoms with E-state index in [2.05, 4.69) is 10.6 Å². The van der Waals surface area contributed by atoms with Crippen molar-refractivity contribution in [2.24, 2.45) is 0 Å². The SMILES string of the molecule is COc1ccc(N(C(=O)CNC(=O)c2cccs2)C(C(=O)NC(C)(C)C)c2ccc(OC)c(OC)c2)c(OC)c1. The van der Waals surface area contributed by atoms with Gasteiger partial charge in [0, 0.05) is 11.6 Å². The zero-order valence-corrected chi connectivity index (χ0v) is 24.5. The third kappa shape index (κ3) is 7.23. The molecule has 0 aliphatic heterocycles. The summed E-state index contributed by atoms with van der Waals surface area (Å²) in [5.41, 5.74) is 0.149. The van der Waals surface area contributed by atoms with Gasteiger partial charge in [-0.25, -0.2) is 0 Å². The molecular weight excluding hydrogens is 534 g/mol. The molecule has 0 aliphatic carbocycles. The first-order valence-electron chi connectivity index (χ1n) is 12.4. The lowest BCUT2D eigenvalue weighted by Crippen LogP contribution is -2.51. The van der Waals surface area contributed by atoms with Crippen LogP contribution in [-0.2, 0) is 9.59 Å². The number of nitrogens with zero attached hydrogens (tertiary/aromatic N) is 1. The first-order valence-corrected chi connectivity index (χ1v) is 13.3. The summed E-state index contributed by atoms with van der Waals surface area (Å²) >= 11 is 1.26. The van der Waals surface area contributed by atoms with E-state index < -0.39 is 29.3 Å². The van der Waals surface area contributed by atoms with Crippen LogP contribution in [0.5, 0.6) is 23.0 Å². The molecule has 0 radical (unpaired) electrons. The zero-order valence-electron chi connectivity index (χ0n) is 23.7. The summed E-state index contributed by atoms with van der Waals surface area (Å²) in [4.78, 5) is 42.4. The number of amides is 3. The van der Waals surface area contributed by atoms with Crippen LogP contribution in [0, 0.1) is 0 Å².